The summed E-state index contributed by atoms with van der Waals surface area (Å²) in [7, 11) is 3.22. The van der Waals surface area contributed by atoms with Gasteiger partial charge in [0.15, 0.2) is 0 Å². The highest BCUT2D eigenvalue weighted by Gasteiger charge is 2.43. The van der Waals surface area contributed by atoms with E-state index in [0.29, 0.717) is 26.1 Å². The minimum absolute atomic E-state index is 0.00586. The molecule has 8 heteroatoms. The van der Waals surface area contributed by atoms with Crippen LogP contribution in [-0.4, -0.2) is 105 Å². The molecule has 178 valence electrons. The number of benzene rings is 1. The van der Waals surface area contributed by atoms with Crippen LogP contribution in [0.2, 0.25) is 0 Å². The summed E-state index contributed by atoms with van der Waals surface area (Å²) in [5.74, 6) is -0.0639. The Labute approximate surface area is 191 Å². The maximum Gasteiger partial charge on any atom is 0.249 e. The van der Waals surface area contributed by atoms with Crippen LogP contribution in [0.1, 0.15) is 24.0 Å². The molecule has 2 unspecified atom stereocenters. The van der Waals surface area contributed by atoms with Gasteiger partial charge in [-0.15, -0.1) is 0 Å². The van der Waals surface area contributed by atoms with Crippen molar-refractivity contribution in [3.63, 3.8) is 0 Å². The minimum Gasteiger partial charge on any atom is -0.383 e. The maximum absolute atomic E-state index is 13.5. The summed E-state index contributed by atoms with van der Waals surface area (Å²) in [6.45, 7) is 7.84. The highest BCUT2D eigenvalue weighted by molar-refractivity contribution is 5.89. The first kappa shape index (κ1) is 24.6. The van der Waals surface area contributed by atoms with Crippen LogP contribution >= 0.6 is 0 Å². The minimum atomic E-state index is -0.441. The van der Waals surface area contributed by atoms with E-state index in [9.17, 15) is 9.59 Å². The smallest absolute Gasteiger partial charge is 0.249 e. The maximum atomic E-state index is 13.5. The van der Waals surface area contributed by atoms with Crippen molar-refractivity contribution >= 4 is 11.8 Å². The molecule has 32 heavy (non-hydrogen) atoms. The lowest BCUT2D eigenvalue weighted by molar-refractivity contribution is -0.145. The van der Waals surface area contributed by atoms with Crippen LogP contribution < -0.4 is 5.32 Å². The molecule has 0 aliphatic carbocycles. The van der Waals surface area contributed by atoms with Gasteiger partial charge >= 0.3 is 0 Å². The molecule has 1 N–H and O–H groups in total. The van der Waals surface area contributed by atoms with E-state index in [1.165, 1.54) is 18.2 Å². The molecule has 2 aliphatic heterocycles. The molecular weight excluding hydrogens is 408 g/mol. The molecule has 2 fully saturated rings. The molecule has 2 aliphatic rings. The van der Waals surface area contributed by atoms with Gasteiger partial charge in [0.2, 0.25) is 11.8 Å². The highest BCUT2D eigenvalue weighted by atomic mass is 16.5. The van der Waals surface area contributed by atoms with E-state index < -0.39 is 6.04 Å². The van der Waals surface area contributed by atoms with Gasteiger partial charge in [-0.3, -0.25) is 14.5 Å². The topological polar surface area (TPSA) is 74.4 Å². The van der Waals surface area contributed by atoms with Gasteiger partial charge in [0.1, 0.15) is 12.6 Å². The number of likely N-dealkylation sites (tertiary alicyclic amines) is 1. The first-order chi connectivity index (χ1) is 15.5. The monoisotopic (exact) mass is 446 g/mol. The first-order valence-corrected chi connectivity index (χ1v) is 11.6. The van der Waals surface area contributed by atoms with Gasteiger partial charge in [-0.25, -0.2) is 0 Å². The van der Waals surface area contributed by atoms with Crippen molar-refractivity contribution in [3.8, 4) is 0 Å². The molecule has 2 amide bonds. The third kappa shape index (κ3) is 6.51. The lowest BCUT2D eigenvalue weighted by Crippen LogP contribution is -2.49. The van der Waals surface area contributed by atoms with Crippen molar-refractivity contribution in [2.75, 3.05) is 66.7 Å². The summed E-state index contributed by atoms with van der Waals surface area (Å²) in [5.41, 5.74) is 2.45. The fourth-order valence-corrected chi connectivity index (χ4v) is 4.60. The van der Waals surface area contributed by atoms with Crippen molar-refractivity contribution in [2.45, 2.75) is 38.4 Å². The van der Waals surface area contributed by atoms with Crippen LogP contribution in [0.5, 0.6) is 0 Å². The fourth-order valence-electron chi connectivity index (χ4n) is 4.60. The molecule has 3 rings (SSSR count). The predicted molar refractivity (Wildman–Crippen MR) is 123 cm³/mol. The van der Waals surface area contributed by atoms with Crippen molar-refractivity contribution in [1.82, 2.24) is 20.0 Å². The number of hydrogen-bond acceptors (Lipinski definition) is 6. The number of aryl methyl sites for hydroxylation is 1. The Kier molecular flexibility index (Phi) is 9.47. The van der Waals surface area contributed by atoms with Crippen LogP contribution in [0, 0.1) is 6.92 Å². The fraction of sp³-hybridized carbons (Fsp3) is 0.667. The average Bonchev–Trinajstić information content (AvgIpc) is 3.05. The van der Waals surface area contributed by atoms with E-state index in [1.807, 2.05) is 4.90 Å². The van der Waals surface area contributed by atoms with Crippen molar-refractivity contribution < 1.29 is 19.1 Å². The number of hydrogen-bond donors (Lipinski definition) is 1. The van der Waals surface area contributed by atoms with Crippen LogP contribution in [-0.2, 0) is 25.6 Å². The first-order valence-electron chi connectivity index (χ1n) is 11.6. The molecule has 0 spiro atoms. The number of amides is 2. The van der Waals surface area contributed by atoms with Crippen molar-refractivity contribution in [1.29, 1.82) is 0 Å². The number of nitrogens with one attached hydrogen (secondary N) is 1. The van der Waals surface area contributed by atoms with E-state index in [1.54, 1.807) is 12.0 Å². The van der Waals surface area contributed by atoms with Gasteiger partial charge in [-0.05, 0) is 31.9 Å². The number of nitrogens with zero attached hydrogens (tertiary/aromatic N) is 3. The van der Waals surface area contributed by atoms with Crippen LogP contribution in [0.3, 0.4) is 0 Å². The molecule has 2 heterocycles. The second-order valence-corrected chi connectivity index (χ2v) is 8.76. The Morgan fingerprint density at radius 3 is 2.62 bits per heavy atom. The van der Waals surface area contributed by atoms with Crippen LogP contribution in [0.4, 0.5) is 0 Å². The number of methoxy groups -OCH3 is 2. The van der Waals surface area contributed by atoms with Gasteiger partial charge in [-0.1, -0.05) is 29.8 Å². The standard InChI is InChI=1S/C24H38N4O4/c1-19-5-7-20(8-6-19)16-27(13-14-31-2)21-15-22(28(17-21)23(29)18-32-3)24(30)26-11-4-9-25-10-12-26/h5-8,21-22,25H,4,9-18H2,1-3H3. The summed E-state index contributed by atoms with van der Waals surface area (Å²) in [6.07, 6.45) is 1.56. The molecule has 1 aromatic rings. The molecule has 2 atom stereocenters. The average molecular weight is 447 g/mol. The molecule has 0 bridgehead atoms. The van der Waals surface area contributed by atoms with Gasteiger partial charge in [0.05, 0.1) is 6.61 Å². The van der Waals surface area contributed by atoms with Gasteiger partial charge in [0, 0.05) is 59.5 Å². The lowest BCUT2D eigenvalue weighted by Gasteiger charge is -2.29. The number of carbonyl (C=O) groups excluding carboxylic acids is 2. The van der Waals surface area contributed by atoms with Gasteiger partial charge in [0.25, 0.3) is 0 Å². The third-order valence-corrected chi connectivity index (χ3v) is 6.41. The Balaban J connectivity index is 1.78. The summed E-state index contributed by atoms with van der Waals surface area (Å²) in [4.78, 5) is 32.3. The molecule has 1 aromatic carbocycles. The van der Waals surface area contributed by atoms with Gasteiger partial charge < -0.3 is 24.6 Å². The van der Waals surface area contributed by atoms with Gasteiger partial charge in [-0.2, -0.15) is 0 Å². The van der Waals surface area contributed by atoms with Crippen molar-refractivity contribution in [2.24, 2.45) is 0 Å². The summed E-state index contributed by atoms with van der Waals surface area (Å²) in [6, 6.07) is 8.17. The number of carbonyl (C=O) groups is 2. The molecular formula is C24H38N4O4. The Bertz CT molecular complexity index is 734. The van der Waals surface area contributed by atoms with E-state index in [-0.39, 0.29) is 24.5 Å². The normalized spacial score (nSPS) is 21.8. The Morgan fingerprint density at radius 2 is 1.91 bits per heavy atom. The van der Waals surface area contributed by atoms with E-state index in [0.717, 1.165) is 39.1 Å². The van der Waals surface area contributed by atoms with Crippen molar-refractivity contribution in [3.05, 3.63) is 35.4 Å². The summed E-state index contributed by atoms with van der Waals surface area (Å²) < 4.78 is 10.5. The molecule has 0 saturated carbocycles. The largest absolute Gasteiger partial charge is 0.383 e. The zero-order valence-electron chi connectivity index (χ0n) is 19.7. The quantitative estimate of drug-likeness (QED) is 0.607. The third-order valence-electron chi connectivity index (χ3n) is 6.41. The van der Waals surface area contributed by atoms with Crippen LogP contribution in [0.25, 0.3) is 0 Å². The molecule has 0 radical (unpaired) electrons. The van der Waals surface area contributed by atoms with E-state index in [2.05, 4.69) is 41.4 Å². The second-order valence-electron chi connectivity index (χ2n) is 8.76. The zero-order valence-corrected chi connectivity index (χ0v) is 19.7. The van der Waals surface area contributed by atoms with E-state index in [4.69, 9.17) is 9.47 Å². The number of ether oxygens (including phenoxy) is 2. The van der Waals surface area contributed by atoms with Crippen LogP contribution in [0.15, 0.2) is 24.3 Å². The summed E-state index contributed by atoms with van der Waals surface area (Å²) >= 11 is 0. The van der Waals surface area contributed by atoms with E-state index >= 15 is 0 Å². The lowest BCUT2D eigenvalue weighted by atomic mass is 10.1. The highest BCUT2D eigenvalue weighted by Crippen LogP contribution is 2.26. The second kappa shape index (κ2) is 12.3. The zero-order chi connectivity index (χ0) is 22.9. The summed E-state index contributed by atoms with van der Waals surface area (Å²) in [5, 5.41) is 3.34. The molecule has 8 nitrogen and oxygen atoms in total. The predicted octanol–water partition coefficient (Wildman–Crippen LogP) is 0.881. The SMILES string of the molecule is COCCN(Cc1ccc(C)cc1)C1CC(C(=O)N2CCCNCC2)N(C(=O)COC)C1. The number of rotatable bonds is 9. The molecule has 0 aromatic heterocycles. The Morgan fingerprint density at radius 1 is 1.12 bits per heavy atom. The molecule has 2 saturated heterocycles. The Hall–Kier alpha value is -2.00.